The summed E-state index contributed by atoms with van der Waals surface area (Å²) in [6.07, 6.45) is 4.40. The lowest BCUT2D eigenvalue weighted by Crippen LogP contribution is -2.24. The van der Waals surface area contributed by atoms with Crippen LogP contribution in [0.5, 0.6) is 5.75 Å². The number of ether oxygens (including phenoxy) is 1. The smallest absolute Gasteiger partial charge is 0.219 e. The summed E-state index contributed by atoms with van der Waals surface area (Å²) >= 11 is 0. The molecular formula is C15H18N2O2. The molecule has 4 nitrogen and oxygen atoms in total. The van der Waals surface area contributed by atoms with Gasteiger partial charge in [-0.05, 0) is 24.1 Å². The van der Waals surface area contributed by atoms with Crippen LogP contribution in [-0.4, -0.2) is 24.0 Å². The van der Waals surface area contributed by atoms with Gasteiger partial charge in [-0.15, -0.1) is 0 Å². The van der Waals surface area contributed by atoms with Crippen molar-refractivity contribution in [2.24, 2.45) is 0 Å². The minimum Gasteiger partial charge on any atom is -0.493 e. The third-order valence-corrected chi connectivity index (χ3v) is 3.64. The highest BCUT2D eigenvalue weighted by Crippen LogP contribution is 2.34. The molecule has 0 atom stereocenters. The molecule has 0 saturated heterocycles. The first kappa shape index (κ1) is 12.1. The number of fused-ring (bicyclic) bond motifs is 3. The van der Waals surface area contributed by atoms with Gasteiger partial charge >= 0.3 is 0 Å². The van der Waals surface area contributed by atoms with E-state index in [4.69, 9.17) is 4.74 Å². The first-order chi connectivity index (χ1) is 9.29. The number of rotatable bonds is 4. The van der Waals surface area contributed by atoms with E-state index in [2.05, 4.69) is 16.4 Å². The SMILES string of the molecule is CCC(=O)NCCc1c[nH]c2ccc3c(c12)CCO3. The van der Waals surface area contributed by atoms with Crippen LogP contribution in [0.3, 0.4) is 0 Å². The molecule has 0 unspecified atom stereocenters. The summed E-state index contributed by atoms with van der Waals surface area (Å²) in [7, 11) is 0. The van der Waals surface area contributed by atoms with Crippen molar-refractivity contribution in [1.82, 2.24) is 10.3 Å². The highest BCUT2D eigenvalue weighted by molar-refractivity contribution is 5.89. The highest BCUT2D eigenvalue weighted by Gasteiger charge is 2.18. The molecule has 1 amide bonds. The maximum atomic E-state index is 11.3. The topological polar surface area (TPSA) is 54.1 Å². The van der Waals surface area contributed by atoms with Gasteiger partial charge in [0.05, 0.1) is 6.61 Å². The molecular weight excluding hydrogens is 240 g/mol. The van der Waals surface area contributed by atoms with Gasteiger partial charge in [0.25, 0.3) is 0 Å². The van der Waals surface area contributed by atoms with Crippen LogP contribution in [0.2, 0.25) is 0 Å². The Kier molecular flexibility index (Phi) is 3.15. The molecule has 2 aromatic rings. The second kappa shape index (κ2) is 4.96. The van der Waals surface area contributed by atoms with Crippen molar-refractivity contribution in [3.63, 3.8) is 0 Å². The lowest BCUT2D eigenvalue weighted by Gasteiger charge is -2.05. The zero-order valence-electron chi connectivity index (χ0n) is 11.1. The monoisotopic (exact) mass is 258 g/mol. The largest absolute Gasteiger partial charge is 0.493 e. The molecule has 1 aliphatic rings. The molecule has 2 heterocycles. The zero-order chi connectivity index (χ0) is 13.2. The average Bonchev–Trinajstić information content (AvgIpc) is 3.03. The van der Waals surface area contributed by atoms with Crippen molar-refractivity contribution in [3.05, 3.63) is 29.5 Å². The Morgan fingerprint density at radius 3 is 3.21 bits per heavy atom. The number of aromatic nitrogens is 1. The van der Waals surface area contributed by atoms with Gasteiger partial charge in [-0.1, -0.05) is 6.92 Å². The molecule has 0 bridgehead atoms. The quantitative estimate of drug-likeness (QED) is 0.883. The first-order valence-electron chi connectivity index (χ1n) is 6.81. The molecule has 1 aromatic heterocycles. The predicted molar refractivity (Wildman–Crippen MR) is 74.5 cm³/mol. The van der Waals surface area contributed by atoms with Crippen LogP contribution in [0, 0.1) is 0 Å². The molecule has 0 saturated carbocycles. The third kappa shape index (κ3) is 2.18. The van der Waals surface area contributed by atoms with E-state index in [0.717, 1.165) is 30.7 Å². The van der Waals surface area contributed by atoms with Crippen LogP contribution in [0.25, 0.3) is 10.9 Å². The lowest BCUT2D eigenvalue weighted by molar-refractivity contribution is -0.120. The molecule has 19 heavy (non-hydrogen) atoms. The number of carbonyl (C=O) groups is 1. The van der Waals surface area contributed by atoms with E-state index in [-0.39, 0.29) is 5.91 Å². The Morgan fingerprint density at radius 2 is 2.37 bits per heavy atom. The molecule has 4 heteroatoms. The molecule has 3 rings (SSSR count). The van der Waals surface area contributed by atoms with E-state index in [1.54, 1.807) is 0 Å². The fourth-order valence-electron chi connectivity index (χ4n) is 2.66. The number of hydrogen-bond donors (Lipinski definition) is 2. The number of benzene rings is 1. The fourth-order valence-corrected chi connectivity index (χ4v) is 2.66. The van der Waals surface area contributed by atoms with Crippen LogP contribution in [0.4, 0.5) is 0 Å². The average molecular weight is 258 g/mol. The van der Waals surface area contributed by atoms with E-state index >= 15 is 0 Å². The molecule has 2 N–H and O–H groups in total. The third-order valence-electron chi connectivity index (χ3n) is 3.64. The van der Waals surface area contributed by atoms with Crippen LogP contribution in [0.1, 0.15) is 24.5 Å². The van der Waals surface area contributed by atoms with Crippen molar-refractivity contribution in [1.29, 1.82) is 0 Å². The molecule has 100 valence electrons. The second-order valence-electron chi connectivity index (χ2n) is 4.83. The van der Waals surface area contributed by atoms with Gasteiger partial charge < -0.3 is 15.0 Å². The van der Waals surface area contributed by atoms with E-state index in [1.165, 1.54) is 16.5 Å². The number of carbonyl (C=O) groups excluding carboxylic acids is 1. The van der Waals surface area contributed by atoms with E-state index < -0.39 is 0 Å². The van der Waals surface area contributed by atoms with E-state index in [0.29, 0.717) is 13.0 Å². The summed E-state index contributed by atoms with van der Waals surface area (Å²) in [5.41, 5.74) is 3.71. The van der Waals surface area contributed by atoms with Crippen LogP contribution < -0.4 is 10.1 Å². The summed E-state index contributed by atoms with van der Waals surface area (Å²) in [5, 5.41) is 4.20. The number of amides is 1. The maximum Gasteiger partial charge on any atom is 0.219 e. The predicted octanol–water partition coefficient (Wildman–Crippen LogP) is 2.17. The Labute approximate surface area is 112 Å². The van der Waals surface area contributed by atoms with Crippen molar-refractivity contribution in [2.45, 2.75) is 26.2 Å². The fraction of sp³-hybridized carbons (Fsp3) is 0.400. The Balaban J connectivity index is 1.84. The number of H-pyrrole nitrogens is 1. The van der Waals surface area contributed by atoms with Crippen molar-refractivity contribution >= 4 is 16.8 Å². The van der Waals surface area contributed by atoms with Crippen molar-refractivity contribution in [2.75, 3.05) is 13.2 Å². The van der Waals surface area contributed by atoms with Crippen LogP contribution in [0.15, 0.2) is 18.3 Å². The zero-order valence-corrected chi connectivity index (χ0v) is 11.1. The Hall–Kier alpha value is -1.97. The molecule has 1 aromatic carbocycles. The second-order valence-corrected chi connectivity index (χ2v) is 4.83. The first-order valence-corrected chi connectivity index (χ1v) is 6.81. The van der Waals surface area contributed by atoms with Gasteiger partial charge in [-0.3, -0.25) is 4.79 Å². The number of hydrogen-bond acceptors (Lipinski definition) is 2. The standard InChI is InChI=1S/C15H18N2O2/c1-2-14(18)16-7-5-10-9-17-12-3-4-13-11(15(10)12)6-8-19-13/h3-4,9,17H,2,5-8H2,1H3,(H,16,18). The Bertz CT molecular complexity index is 616. The lowest BCUT2D eigenvalue weighted by atomic mass is 10.0. The van der Waals surface area contributed by atoms with Gasteiger partial charge in [0.1, 0.15) is 5.75 Å². The van der Waals surface area contributed by atoms with Gasteiger partial charge in [0, 0.05) is 42.0 Å². The molecule has 0 radical (unpaired) electrons. The molecule has 0 fully saturated rings. The summed E-state index contributed by atoms with van der Waals surface area (Å²) in [5.74, 6) is 1.11. The normalized spacial score (nSPS) is 13.3. The van der Waals surface area contributed by atoms with Crippen molar-refractivity contribution < 1.29 is 9.53 Å². The van der Waals surface area contributed by atoms with Gasteiger partial charge in [0.15, 0.2) is 0 Å². The summed E-state index contributed by atoms with van der Waals surface area (Å²) in [6.45, 7) is 3.32. The van der Waals surface area contributed by atoms with Crippen molar-refractivity contribution in [3.8, 4) is 5.75 Å². The van der Waals surface area contributed by atoms with Gasteiger partial charge in [-0.25, -0.2) is 0 Å². The van der Waals surface area contributed by atoms with Gasteiger partial charge in [0.2, 0.25) is 5.91 Å². The van der Waals surface area contributed by atoms with Gasteiger partial charge in [-0.2, -0.15) is 0 Å². The minimum atomic E-state index is 0.105. The van der Waals surface area contributed by atoms with E-state index in [1.807, 2.05) is 19.2 Å². The molecule has 0 aliphatic carbocycles. The van der Waals surface area contributed by atoms with Crippen LogP contribution >= 0.6 is 0 Å². The molecule has 0 spiro atoms. The number of aromatic amines is 1. The summed E-state index contributed by atoms with van der Waals surface area (Å²) in [4.78, 5) is 14.6. The highest BCUT2D eigenvalue weighted by atomic mass is 16.5. The molecule has 1 aliphatic heterocycles. The summed E-state index contributed by atoms with van der Waals surface area (Å²) in [6, 6.07) is 4.09. The Morgan fingerprint density at radius 1 is 1.47 bits per heavy atom. The van der Waals surface area contributed by atoms with E-state index in [9.17, 15) is 4.79 Å². The van der Waals surface area contributed by atoms with Crippen LogP contribution in [-0.2, 0) is 17.6 Å². The minimum absolute atomic E-state index is 0.105. The maximum absolute atomic E-state index is 11.3. The summed E-state index contributed by atoms with van der Waals surface area (Å²) < 4.78 is 5.61. The number of nitrogens with one attached hydrogen (secondary N) is 2.